The number of oxazole rings is 1. The molecule has 3 nitrogen and oxygen atoms in total. The molecule has 1 aromatic heterocycles. The van der Waals surface area contributed by atoms with Crippen LogP contribution < -0.4 is 5.32 Å². The van der Waals surface area contributed by atoms with Crippen molar-refractivity contribution in [3.8, 4) is 0 Å². The van der Waals surface area contributed by atoms with Gasteiger partial charge in [-0.3, -0.25) is 0 Å². The predicted octanol–water partition coefficient (Wildman–Crippen LogP) is 2.99. The summed E-state index contributed by atoms with van der Waals surface area (Å²) in [6.07, 6.45) is 4.02. The van der Waals surface area contributed by atoms with Gasteiger partial charge in [-0.25, -0.2) is 4.98 Å². The Morgan fingerprint density at radius 1 is 1.39 bits per heavy atom. The molecule has 18 heavy (non-hydrogen) atoms. The Labute approximate surface area is 107 Å². The van der Waals surface area contributed by atoms with E-state index in [0.29, 0.717) is 11.3 Å². The van der Waals surface area contributed by atoms with Gasteiger partial charge in [-0.15, -0.1) is 0 Å². The average molecular weight is 242 g/mol. The van der Waals surface area contributed by atoms with E-state index in [9.17, 15) is 0 Å². The molecule has 94 valence electrons. The van der Waals surface area contributed by atoms with E-state index in [4.69, 9.17) is 4.42 Å². The van der Waals surface area contributed by atoms with Crippen molar-refractivity contribution in [3.63, 3.8) is 0 Å². The number of benzene rings is 1. The smallest absolute Gasteiger partial charge is 0.192 e. The van der Waals surface area contributed by atoms with Crippen molar-refractivity contribution in [2.45, 2.75) is 32.1 Å². The molecule has 2 heterocycles. The van der Waals surface area contributed by atoms with Crippen LogP contribution in [0.3, 0.4) is 0 Å². The van der Waals surface area contributed by atoms with Crippen molar-refractivity contribution in [2.24, 2.45) is 5.41 Å². The number of hydrogen-bond acceptors (Lipinski definition) is 3. The van der Waals surface area contributed by atoms with Gasteiger partial charge in [0.1, 0.15) is 5.52 Å². The third-order valence-corrected chi connectivity index (χ3v) is 4.69. The second kappa shape index (κ2) is 3.58. The van der Waals surface area contributed by atoms with E-state index in [-0.39, 0.29) is 0 Å². The van der Waals surface area contributed by atoms with E-state index in [1.165, 1.54) is 37.9 Å². The highest BCUT2D eigenvalue weighted by Crippen LogP contribution is 2.48. The van der Waals surface area contributed by atoms with Crippen LogP contribution in [0.5, 0.6) is 0 Å². The number of hydrogen-bond donors (Lipinski definition) is 1. The van der Waals surface area contributed by atoms with Gasteiger partial charge in [-0.2, -0.15) is 0 Å². The maximum Gasteiger partial charge on any atom is 0.192 e. The summed E-state index contributed by atoms with van der Waals surface area (Å²) >= 11 is 0. The van der Waals surface area contributed by atoms with Crippen molar-refractivity contribution in [1.29, 1.82) is 0 Å². The lowest BCUT2D eigenvalue weighted by Crippen LogP contribution is -2.51. The van der Waals surface area contributed by atoms with E-state index < -0.39 is 0 Å². The fourth-order valence-electron chi connectivity index (χ4n) is 3.60. The monoisotopic (exact) mass is 242 g/mol. The number of aryl methyl sites for hydroxylation is 1. The largest absolute Gasteiger partial charge is 0.441 e. The van der Waals surface area contributed by atoms with Crippen LogP contribution in [0.15, 0.2) is 22.6 Å². The van der Waals surface area contributed by atoms with Crippen LogP contribution in [0.1, 0.15) is 36.6 Å². The topological polar surface area (TPSA) is 38.1 Å². The number of nitrogens with zero attached hydrogens (tertiary/aromatic N) is 1. The molecule has 1 saturated carbocycles. The molecule has 0 radical (unpaired) electrons. The molecule has 0 bridgehead atoms. The van der Waals surface area contributed by atoms with E-state index >= 15 is 0 Å². The summed E-state index contributed by atoms with van der Waals surface area (Å²) in [5.41, 5.74) is 3.96. The second-order valence-corrected chi connectivity index (χ2v) is 6.00. The number of fused-ring (bicyclic) bond motifs is 1. The van der Waals surface area contributed by atoms with Gasteiger partial charge in [0, 0.05) is 20.0 Å². The minimum atomic E-state index is 0.608. The molecule has 1 atom stereocenters. The van der Waals surface area contributed by atoms with Gasteiger partial charge in [0.2, 0.25) is 0 Å². The third kappa shape index (κ3) is 1.50. The maximum absolute atomic E-state index is 5.64. The van der Waals surface area contributed by atoms with Crippen molar-refractivity contribution in [2.75, 3.05) is 13.1 Å². The first-order valence-corrected chi connectivity index (χ1v) is 6.82. The van der Waals surface area contributed by atoms with Crippen molar-refractivity contribution >= 4 is 11.1 Å². The predicted molar refractivity (Wildman–Crippen MR) is 70.6 cm³/mol. The van der Waals surface area contributed by atoms with Crippen LogP contribution in [0, 0.1) is 12.3 Å². The second-order valence-electron chi connectivity index (χ2n) is 6.00. The van der Waals surface area contributed by atoms with E-state index in [0.717, 1.165) is 17.0 Å². The molecule has 1 aromatic carbocycles. The van der Waals surface area contributed by atoms with Gasteiger partial charge in [-0.05, 0) is 48.3 Å². The molecule has 1 aliphatic carbocycles. The van der Waals surface area contributed by atoms with Gasteiger partial charge in [0.05, 0.1) is 0 Å². The van der Waals surface area contributed by atoms with Gasteiger partial charge >= 0.3 is 0 Å². The Kier molecular flexibility index (Phi) is 2.10. The minimum Gasteiger partial charge on any atom is -0.441 e. The summed E-state index contributed by atoms with van der Waals surface area (Å²) in [5, 5.41) is 3.42. The Morgan fingerprint density at radius 2 is 2.28 bits per heavy atom. The van der Waals surface area contributed by atoms with Gasteiger partial charge in [0.15, 0.2) is 11.5 Å². The molecule has 3 heteroatoms. The lowest BCUT2D eigenvalue weighted by molar-refractivity contribution is 0.175. The normalized spacial score (nSPS) is 25.7. The quantitative estimate of drug-likeness (QED) is 0.835. The molecule has 4 rings (SSSR count). The Balaban J connectivity index is 1.66. The van der Waals surface area contributed by atoms with Crippen LogP contribution in [-0.2, 0) is 0 Å². The van der Waals surface area contributed by atoms with E-state index in [2.05, 4.69) is 28.5 Å². The lowest BCUT2D eigenvalue weighted by Gasteiger charge is -2.39. The number of rotatable bonds is 1. The van der Waals surface area contributed by atoms with Crippen LogP contribution in [0.25, 0.3) is 11.1 Å². The minimum absolute atomic E-state index is 0.608. The molecule has 1 aliphatic heterocycles. The fourth-order valence-corrected chi connectivity index (χ4v) is 3.60. The molecular formula is C15H18N2O. The van der Waals surface area contributed by atoms with Gasteiger partial charge in [-0.1, -0.05) is 6.07 Å². The Hall–Kier alpha value is -1.35. The first kappa shape index (κ1) is 10.6. The van der Waals surface area contributed by atoms with Crippen molar-refractivity contribution < 1.29 is 4.42 Å². The SMILES string of the molecule is Cc1nc2ccc(C3CCC4(CNC4)C3)cc2o1. The summed E-state index contributed by atoms with van der Waals surface area (Å²) in [4.78, 5) is 4.36. The molecular weight excluding hydrogens is 224 g/mol. The first-order valence-electron chi connectivity index (χ1n) is 6.82. The summed E-state index contributed by atoms with van der Waals surface area (Å²) in [5.74, 6) is 1.47. The zero-order valence-electron chi connectivity index (χ0n) is 10.7. The van der Waals surface area contributed by atoms with E-state index in [1.54, 1.807) is 0 Å². The third-order valence-electron chi connectivity index (χ3n) is 4.69. The summed E-state index contributed by atoms with van der Waals surface area (Å²) in [7, 11) is 0. The highest BCUT2D eigenvalue weighted by Gasteiger charge is 2.43. The van der Waals surface area contributed by atoms with Crippen LogP contribution in [-0.4, -0.2) is 18.1 Å². The Morgan fingerprint density at radius 3 is 3.00 bits per heavy atom. The molecule has 2 aliphatic rings. The molecule has 1 spiro atoms. The molecule has 2 fully saturated rings. The standard InChI is InChI=1S/C15H18N2O/c1-10-17-13-3-2-11(6-14(13)18-10)12-4-5-15(7-12)8-16-9-15/h2-3,6,12,16H,4-5,7-9H2,1H3. The van der Waals surface area contributed by atoms with Gasteiger partial charge in [0.25, 0.3) is 0 Å². The van der Waals surface area contributed by atoms with Gasteiger partial charge < -0.3 is 9.73 Å². The van der Waals surface area contributed by atoms with Crippen molar-refractivity contribution in [1.82, 2.24) is 10.3 Å². The lowest BCUT2D eigenvalue weighted by atomic mass is 9.79. The first-order chi connectivity index (χ1) is 8.74. The molecule has 1 N–H and O–H groups in total. The highest BCUT2D eigenvalue weighted by molar-refractivity contribution is 5.73. The highest BCUT2D eigenvalue weighted by atomic mass is 16.3. The summed E-state index contributed by atoms with van der Waals surface area (Å²) in [6.45, 7) is 4.34. The van der Waals surface area contributed by atoms with Crippen LogP contribution in [0.4, 0.5) is 0 Å². The number of nitrogens with one attached hydrogen (secondary N) is 1. The average Bonchev–Trinajstić information content (AvgIpc) is 2.88. The molecule has 1 saturated heterocycles. The molecule has 0 amide bonds. The summed E-state index contributed by atoms with van der Waals surface area (Å²) < 4.78 is 5.64. The van der Waals surface area contributed by atoms with Crippen LogP contribution in [0.2, 0.25) is 0 Å². The van der Waals surface area contributed by atoms with E-state index in [1.807, 2.05) is 6.92 Å². The summed E-state index contributed by atoms with van der Waals surface area (Å²) in [6, 6.07) is 6.54. The Bertz CT molecular complexity index is 598. The zero-order chi connectivity index (χ0) is 12.2. The zero-order valence-corrected chi connectivity index (χ0v) is 10.7. The molecule has 1 unspecified atom stereocenters. The van der Waals surface area contributed by atoms with Crippen molar-refractivity contribution in [3.05, 3.63) is 29.7 Å². The maximum atomic E-state index is 5.64. The number of aromatic nitrogens is 1. The fraction of sp³-hybridized carbons (Fsp3) is 0.533. The van der Waals surface area contributed by atoms with Crippen LogP contribution >= 0.6 is 0 Å². The molecule has 2 aromatic rings.